The van der Waals surface area contributed by atoms with Crippen LogP contribution in [0.5, 0.6) is 0 Å². The van der Waals surface area contributed by atoms with Gasteiger partial charge in [0.2, 0.25) is 0 Å². The normalized spacial score (nSPS) is 27.4. The van der Waals surface area contributed by atoms with Crippen LogP contribution < -0.4 is 5.32 Å². The van der Waals surface area contributed by atoms with Crippen molar-refractivity contribution in [3.05, 3.63) is 41.3 Å². The number of benzene rings is 1. The second-order valence-electron chi connectivity index (χ2n) is 5.13. The molecule has 2 heteroatoms. The third-order valence-electron chi connectivity index (χ3n) is 4.03. The highest BCUT2D eigenvalue weighted by molar-refractivity contribution is 7.20. The summed E-state index contributed by atoms with van der Waals surface area (Å²) in [7, 11) is 0. The third-order valence-corrected chi connectivity index (χ3v) is 5.22. The van der Waals surface area contributed by atoms with E-state index in [1.54, 1.807) is 5.57 Å². The molecule has 0 spiro atoms. The highest BCUT2D eigenvalue weighted by Crippen LogP contribution is 2.41. The summed E-state index contributed by atoms with van der Waals surface area (Å²) >= 11 is 1.94. The average Bonchev–Trinajstić information content (AvgIpc) is 3.01. The molecule has 1 aliphatic carbocycles. The third kappa shape index (κ3) is 1.55. The summed E-state index contributed by atoms with van der Waals surface area (Å²) in [4.78, 5) is 1.49. The number of fused-ring (bicyclic) bond motifs is 2. The number of allylic oxidation sites excluding steroid dienone is 1. The molecule has 0 amide bonds. The molecule has 2 heterocycles. The van der Waals surface area contributed by atoms with Crippen LogP contribution in [0.25, 0.3) is 15.7 Å². The van der Waals surface area contributed by atoms with Gasteiger partial charge in [-0.1, -0.05) is 24.3 Å². The fraction of sp³-hybridized carbons (Fsp3) is 0.333. The molecule has 4 rings (SSSR count). The van der Waals surface area contributed by atoms with Crippen LogP contribution in [0.3, 0.4) is 0 Å². The minimum Gasteiger partial charge on any atom is -0.316 e. The van der Waals surface area contributed by atoms with Crippen LogP contribution in [0.4, 0.5) is 0 Å². The largest absolute Gasteiger partial charge is 0.316 e. The maximum Gasteiger partial charge on any atom is 0.0349 e. The van der Waals surface area contributed by atoms with Crippen LogP contribution in [0.1, 0.15) is 11.3 Å². The summed E-state index contributed by atoms with van der Waals surface area (Å²) in [5.41, 5.74) is 1.59. The molecule has 1 saturated heterocycles. The maximum atomic E-state index is 3.48. The molecule has 0 radical (unpaired) electrons. The Bertz CT molecular complexity index is 563. The first-order valence-corrected chi connectivity index (χ1v) is 7.12. The highest BCUT2D eigenvalue weighted by atomic mass is 32.1. The molecule has 17 heavy (non-hydrogen) atoms. The molecule has 0 bridgehead atoms. The van der Waals surface area contributed by atoms with Gasteiger partial charge in [0.05, 0.1) is 0 Å². The highest BCUT2D eigenvalue weighted by Gasteiger charge is 2.32. The van der Waals surface area contributed by atoms with Gasteiger partial charge in [0, 0.05) is 16.1 Å². The molecule has 1 N–H and O–H groups in total. The van der Waals surface area contributed by atoms with Crippen LogP contribution >= 0.6 is 11.3 Å². The van der Waals surface area contributed by atoms with Crippen molar-refractivity contribution in [2.24, 2.45) is 11.8 Å². The van der Waals surface area contributed by atoms with Gasteiger partial charge in [0.15, 0.2) is 0 Å². The van der Waals surface area contributed by atoms with Crippen LogP contribution in [0, 0.1) is 11.8 Å². The number of hydrogen-bond acceptors (Lipinski definition) is 2. The maximum absolute atomic E-state index is 3.48. The number of nitrogens with one attached hydrogen (secondary N) is 1. The van der Waals surface area contributed by atoms with E-state index in [1.165, 1.54) is 34.5 Å². The zero-order valence-electron chi connectivity index (χ0n) is 9.65. The van der Waals surface area contributed by atoms with Crippen molar-refractivity contribution in [2.45, 2.75) is 6.42 Å². The van der Waals surface area contributed by atoms with Gasteiger partial charge in [0.1, 0.15) is 0 Å². The predicted octanol–water partition coefficient (Wildman–Crippen LogP) is 3.52. The Morgan fingerprint density at radius 1 is 1.18 bits per heavy atom. The smallest absolute Gasteiger partial charge is 0.0349 e. The lowest BCUT2D eigenvalue weighted by molar-refractivity contribution is 0.536. The van der Waals surface area contributed by atoms with E-state index in [2.05, 4.69) is 41.7 Å². The SMILES string of the molecule is C1=C(c2cc3ccccc3s2)CC2CNCC12. The van der Waals surface area contributed by atoms with E-state index >= 15 is 0 Å². The molecule has 1 nitrogen and oxygen atoms in total. The molecular formula is C15H15NS. The van der Waals surface area contributed by atoms with Crippen LogP contribution in [0.2, 0.25) is 0 Å². The summed E-state index contributed by atoms with van der Waals surface area (Å²) in [6, 6.07) is 11.1. The lowest BCUT2D eigenvalue weighted by Crippen LogP contribution is -2.08. The quantitative estimate of drug-likeness (QED) is 0.805. The molecule has 1 aliphatic heterocycles. The van der Waals surface area contributed by atoms with Gasteiger partial charge in [-0.3, -0.25) is 0 Å². The van der Waals surface area contributed by atoms with Crippen molar-refractivity contribution in [3.8, 4) is 0 Å². The summed E-state index contributed by atoms with van der Waals surface area (Å²) < 4.78 is 1.42. The van der Waals surface area contributed by atoms with Gasteiger partial charge in [-0.05, 0) is 47.9 Å². The van der Waals surface area contributed by atoms with Crippen molar-refractivity contribution in [3.63, 3.8) is 0 Å². The molecule has 2 aromatic rings. The Hall–Kier alpha value is -1.12. The number of rotatable bonds is 1. The summed E-state index contributed by atoms with van der Waals surface area (Å²) in [5.74, 6) is 1.64. The first-order valence-electron chi connectivity index (χ1n) is 6.30. The lowest BCUT2D eigenvalue weighted by Gasteiger charge is -2.04. The summed E-state index contributed by atoms with van der Waals surface area (Å²) in [6.45, 7) is 2.38. The van der Waals surface area contributed by atoms with Gasteiger partial charge >= 0.3 is 0 Å². The number of hydrogen-bond donors (Lipinski definition) is 1. The lowest BCUT2D eigenvalue weighted by atomic mass is 10.00. The summed E-state index contributed by atoms with van der Waals surface area (Å²) in [6.07, 6.45) is 3.78. The first-order chi connectivity index (χ1) is 8.40. The monoisotopic (exact) mass is 241 g/mol. The predicted molar refractivity (Wildman–Crippen MR) is 74.3 cm³/mol. The van der Waals surface area contributed by atoms with Gasteiger partial charge in [-0.15, -0.1) is 11.3 Å². The van der Waals surface area contributed by atoms with Crippen LogP contribution in [-0.2, 0) is 0 Å². The first kappa shape index (κ1) is 9.86. The molecule has 1 aromatic heterocycles. The minimum absolute atomic E-state index is 0.787. The van der Waals surface area contributed by atoms with E-state index in [0.29, 0.717) is 0 Å². The average molecular weight is 241 g/mol. The summed E-state index contributed by atoms with van der Waals surface area (Å²) in [5, 5.41) is 4.87. The Morgan fingerprint density at radius 2 is 2.12 bits per heavy atom. The van der Waals surface area contributed by atoms with E-state index in [4.69, 9.17) is 0 Å². The van der Waals surface area contributed by atoms with E-state index < -0.39 is 0 Å². The van der Waals surface area contributed by atoms with Gasteiger partial charge in [-0.2, -0.15) is 0 Å². The van der Waals surface area contributed by atoms with Crippen molar-refractivity contribution in [1.82, 2.24) is 5.32 Å². The zero-order valence-corrected chi connectivity index (χ0v) is 10.5. The Kier molecular flexibility index (Phi) is 2.14. The zero-order chi connectivity index (χ0) is 11.2. The fourth-order valence-corrected chi connectivity index (χ4v) is 4.20. The molecule has 0 saturated carbocycles. The second kappa shape index (κ2) is 3.69. The van der Waals surface area contributed by atoms with Gasteiger partial charge in [-0.25, -0.2) is 0 Å². The standard InChI is InChI=1S/C15H15NS/c1-2-4-14-10(3-1)7-15(17-14)11-5-12-8-16-9-13(12)6-11/h1-5,7,12-13,16H,6,8-9H2. The van der Waals surface area contributed by atoms with Crippen LogP contribution in [0.15, 0.2) is 36.4 Å². The topological polar surface area (TPSA) is 12.0 Å². The van der Waals surface area contributed by atoms with Gasteiger partial charge in [0.25, 0.3) is 0 Å². The molecule has 86 valence electrons. The van der Waals surface area contributed by atoms with E-state index in [9.17, 15) is 0 Å². The molecule has 2 aliphatic rings. The molecule has 1 fully saturated rings. The van der Waals surface area contributed by atoms with Crippen molar-refractivity contribution < 1.29 is 0 Å². The molecular weight excluding hydrogens is 226 g/mol. The fourth-order valence-electron chi connectivity index (χ4n) is 3.10. The van der Waals surface area contributed by atoms with Crippen molar-refractivity contribution in [2.75, 3.05) is 13.1 Å². The van der Waals surface area contributed by atoms with Crippen LogP contribution in [-0.4, -0.2) is 13.1 Å². The second-order valence-corrected chi connectivity index (χ2v) is 6.21. The van der Waals surface area contributed by atoms with Gasteiger partial charge < -0.3 is 5.32 Å². The Labute approximate surface area is 105 Å². The molecule has 1 aromatic carbocycles. The minimum atomic E-state index is 0.787. The Morgan fingerprint density at radius 3 is 3.00 bits per heavy atom. The number of thiophene rings is 1. The van der Waals surface area contributed by atoms with E-state index in [0.717, 1.165) is 11.8 Å². The van der Waals surface area contributed by atoms with Crippen molar-refractivity contribution >= 4 is 27.0 Å². The van der Waals surface area contributed by atoms with E-state index in [1.807, 2.05) is 11.3 Å². The van der Waals surface area contributed by atoms with Crippen molar-refractivity contribution in [1.29, 1.82) is 0 Å². The Balaban J connectivity index is 1.75. The van der Waals surface area contributed by atoms with E-state index in [-0.39, 0.29) is 0 Å². The molecule has 2 atom stereocenters. The molecule has 2 unspecified atom stereocenters.